The van der Waals surface area contributed by atoms with E-state index in [0.717, 1.165) is 15.1 Å². The van der Waals surface area contributed by atoms with Gasteiger partial charge in [0.05, 0.1) is 9.77 Å². The number of carbonyl (C=O) groups is 1. The van der Waals surface area contributed by atoms with Crippen LogP contribution >= 0.6 is 11.3 Å². The molecule has 0 fully saturated rings. The molecular formula is C20H19N7O3S2. The van der Waals surface area contributed by atoms with E-state index in [0.29, 0.717) is 10.6 Å². The van der Waals surface area contributed by atoms with Crippen molar-refractivity contribution in [3.63, 3.8) is 0 Å². The maximum atomic E-state index is 12.8. The summed E-state index contributed by atoms with van der Waals surface area (Å²) in [5, 5.41) is 7.07. The summed E-state index contributed by atoms with van der Waals surface area (Å²) in [7, 11) is -3.79. The molecule has 3 aromatic heterocycles. The third-order valence-corrected chi connectivity index (χ3v) is 6.90. The van der Waals surface area contributed by atoms with Gasteiger partial charge in [0.2, 0.25) is 11.9 Å². The van der Waals surface area contributed by atoms with E-state index in [2.05, 4.69) is 25.1 Å². The smallest absolute Gasteiger partial charge is 0.291 e. The number of nitrogens with zero attached hydrogens (tertiary/aromatic N) is 4. The van der Waals surface area contributed by atoms with Gasteiger partial charge in [-0.2, -0.15) is 9.67 Å². The largest absolute Gasteiger partial charge is 0.368 e. The topological polar surface area (TPSA) is 145 Å². The van der Waals surface area contributed by atoms with Gasteiger partial charge in [-0.1, -0.05) is 6.07 Å². The quantitative estimate of drug-likeness (QED) is 0.390. The number of rotatable bonds is 6. The molecule has 12 heteroatoms. The van der Waals surface area contributed by atoms with Crippen molar-refractivity contribution in [2.45, 2.75) is 18.7 Å². The van der Waals surface area contributed by atoms with Crippen LogP contribution in [0.25, 0.3) is 0 Å². The molecule has 0 saturated heterocycles. The van der Waals surface area contributed by atoms with Gasteiger partial charge in [0.15, 0.2) is 0 Å². The van der Waals surface area contributed by atoms with Crippen LogP contribution in [0.4, 0.5) is 23.4 Å². The van der Waals surface area contributed by atoms with E-state index in [9.17, 15) is 13.2 Å². The van der Waals surface area contributed by atoms with E-state index in [1.807, 2.05) is 19.9 Å². The second-order valence-corrected chi connectivity index (χ2v) is 9.79. The van der Waals surface area contributed by atoms with Gasteiger partial charge >= 0.3 is 0 Å². The lowest BCUT2D eigenvalue weighted by atomic mass is 10.2. The zero-order chi connectivity index (χ0) is 22.9. The zero-order valence-electron chi connectivity index (χ0n) is 17.1. The van der Waals surface area contributed by atoms with Crippen LogP contribution in [0, 0.1) is 13.8 Å². The number of nitrogen functional groups attached to an aromatic ring is 1. The van der Waals surface area contributed by atoms with E-state index in [1.54, 1.807) is 30.3 Å². The van der Waals surface area contributed by atoms with Gasteiger partial charge in [0.25, 0.3) is 15.9 Å². The van der Waals surface area contributed by atoms with Crippen molar-refractivity contribution in [1.29, 1.82) is 0 Å². The standard InChI is InChI=1S/C20H19N7O3S2/c1-12-11-13(2)31-17(12)18(28)27-19(21)24-20(25-27)23-14-6-8-15(9-7-14)32(29,30)26-16-5-3-4-10-22-16/h3-11H,1-2H3,(H,22,26)(H3,21,23,24,25). The highest BCUT2D eigenvalue weighted by molar-refractivity contribution is 7.92. The second-order valence-electron chi connectivity index (χ2n) is 6.85. The Hall–Kier alpha value is -3.77. The molecule has 10 nitrogen and oxygen atoms in total. The first kappa shape index (κ1) is 21.5. The summed E-state index contributed by atoms with van der Waals surface area (Å²) < 4.78 is 28.5. The molecule has 32 heavy (non-hydrogen) atoms. The lowest BCUT2D eigenvalue weighted by Crippen LogP contribution is -2.16. The number of nitrogens with two attached hydrogens (primary N) is 1. The molecule has 0 unspecified atom stereocenters. The van der Waals surface area contributed by atoms with Crippen molar-refractivity contribution >= 4 is 50.7 Å². The van der Waals surface area contributed by atoms with Gasteiger partial charge < -0.3 is 11.1 Å². The minimum absolute atomic E-state index is 0.0540. The fraction of sp³-hybridized carbons (Fsp3) is 0.100. The molecule has 4 N–H and O–H groups in total. The lowest BCUT2D eigenvalue weighted by Gasteiger charge is -2.08. The molecule has 0 atom stereocenters. The third-order valence-electron chi connectivity index (χ3n) is 4.38. The summed E-state index contributed by atoms with van der Waals surface area (Å²) in [6.07, 6.45) is 1.49. The van der Waals surface area contributed by atoms with E-state index in [-0.39, 0.29) is 28.5 Å². The van der Waals surface area contributed by atoms with Crippen molar-refractivity contribution in [1.82, 2.24) is 19.7 Å². The van der Waals surface area contributed by atoms with E-state index >= 15 is 0 Å². The summed E-state index contributed by atoms with van der Waals surface area (Å²) >= 11 is 1.36. The molecule has 0 radical (unpaired) electrons. The van der Waals surface area contributed by atoms with Crippen LogP contribution in [-0.4, -0.2) is 34.1 Å². The number of hydrogen-bond acceptors (Lipinski definition) is 9. The molecule has 0 aliphatic rings. The summed E-state index contributed by atoms with van der Waals surface area (Å²) in [6.45, 7) is 3.77. The first-order valence-electron chi connectivity index (χ1n) is 9.38. The molecule has 4 aromatic rings. The number of anilines is 4. The van der Waals surface area contributed by atoms with Crippen molar-refractivity contribution in [2.75, 3.05) is 15.8 Å². The van der Waals surface area contributed by atoms with Crippen molar-refractivity contribution in [2.24, 2.45) is 0 Å². The Kier molecular flexibility index (Phi) is 5.63. The Morgan fingerprint density at radius 2 is 1.88 bits per heavy atom. The number of aryl methyl sites for hydroxylation is 2. The third kappa shape index (κ3) is 4.45. The number of nitrogens with one attached hydrogen (secondary N) is 2. The van der Waals surface area contributed by atoms with Crippen LogP contribution in [0.5, 0.6) is 0 Å². The molecule has 0 aliphatic heterocycles. The minimum Gasteiger partial charge on any atom is -0.368 e. The highest BCUT2D eigenvalue weighted by Crippen LogP contribution is 2.24. The predicted octanol–water partition coefficient (Wildman–Crippen LogP) is 3.17. The lowest BCUT2D eigenvalue weighted by molar-refractivity contribution is 0.0951. The molecule has 0 spiro atoms. The van der Waals surface area contributed by atoms with Crippen LogP contribution in [0.1, 0.15) is 20.1 Å². The first-order valence-corrected chi connectivity index (χ1v) is 11.7. The number of aromatic nitrogens is 4. The molecule has 1 aromatic carbocycles. The predicted molar refractivity (Wildman–Crippen MR) is 123 cm³/mol. The maximum Gasteiger partial charge on any atom is 0.291 e. The summed E-state index contributed by atoms with van der Waals surface area (Å²) in [4.78, 5) is 22.4. The van der Waals surface area contributed by atoms with Gasteiger partial charge in [-0.3, -0.25) is 9.52 Å². The Balaban J connectivity index is 1.50. The summed E-state index contributed by atoms with van der Waals surface area (Å²) in [6, 6.07) is 12.8. The van der Waals surface area contributed by atoms with Crippen LogP contribution in [-0.2, 0) is 10.0 Å². The van der Waals surface area contributed by atoms with Gasteiger partial charge in [0.1, 0.15) is 5.82 Å². The zero-order valence-corrected chi connectivity index (χ0v) is 18.7. The summed E-state index contributed by atoms with van der Waals surface area (Å²) in [5.74, 6) is -0.0767. The molecule has 0 bridgehead atoms. The Bertz CT molecular complexity index is 1380. The van der Waals surface area contributed by atoms with Gasteiger partial charge in [0, 0.05) is 16.8 Å². The number of thiophene rings is 1. The average molecular weight is 470 g/mol. The van der Waals surface area contributed by atoms with Crippen LogP contribution in [0.3, 0.4) is 0 Å². The highest BCUT2D eigenvalue weighted by atomic mass is 32.2. The monoisotopic (exact) mass is 469 g/mol. The van der Waals surface area contributed by atoms with Crippen molar-refractivity contribution in [3.8, 4) is 0 Å². The van der Waals surface area contributed by atoms with Crippen LogP contribution in [0.15, 0.2) is 59.6 Å². The first-order chi connectivity index (χ1) is 15.2. The SMILES string of the molecule is Cc1cc(C)c(C(=O)n2nc(Nc3ccc(S(=O)(=O)Nc4ccccn4)cc3)nc2N)s1. The highest BCUT2D eigenvalue weighted by Gasteiger charge is 2.20. The Labute approximate surface area is 188 Å². The molecular weight excluding hydrogens is 450 g/mol. The fourth-order valence-electron chi connectivity index (χ4n) is 2.94. The van der Waals surface area contributed by atoms with Gasteiger partial charge in [-0.25, -0.2) is 13.4 Å². The molecule has 0 amide bonds. The van der Waals surface area contributed by atoms with E-state index in [1.165, 1.54) is 29.7 Å². The number of pyridine rings is 1. The van der Waals surface area contributed by atoms with Gasteiger partial charge in [-0.15, -0.1) is 16.4 Å². The Morgan fingerprint density at radius 3 is 2.50 bits per heavy atom. The number of carbonyl (C=O) groups excluding carboxylic acids is 1. The number of hydrogen-bond donors (Lipinski definition) is 3. The average Bonchev–Trinajstić information content (AvgIpc) is 3.29. The molecule has 164 valence electrons. The van der Waals surface area contributed by atoms with E-state index < -0.39 is 10.0 Å². The molecule has 4 rings (SSSR count). The Morgan fingerprint density at radius 1 is 1.12 bits per heavy atom. The van der Waals surface area contributed by atoms with Crippen LogP contribution < -0.4 is 15.8 Å². The van der Waals surface area contributed by atoms with Crippen LogP contribution in [0.2, 0.25) is 0 Å². The number of benzene rings is 1. The molecule has 0 saturated carbocycles. The van der Waals surface area contributed by atoms with E-state index in [4.69, 9.17) is 5.73 Å². The van der Waals surface area contributed by atoms with Gasteiger partial charge in [-0.05, 0) is 61.9 Å². The van der Waals surface area contributed by atoms with Crippen molar-refractivity contribution < 1.29 is 13.2 Å². The molecule has 3 heterocycles. The normalized spacial score (nSPS) is 11.3. The summed E-state index contributed by atoms with van der Waals surface area (Å²) in [5.41, 5.74) is 7.25. The maximum absolute atomic E-state index is 12.8. The second kappa shape index (κ2) is 8.40. The fourth-order valence-corrected chi connectivity index (χ4v) is 4.90. The minimum atomic E-state index is -3.79. The molecule has 0 aliphatic carbocycles. The number of sulfonamides is 1. The van der Waals surface area contributed by atoms with Crippen molar-refractivity contribution in [3.05, 3.63) is 70.0 Å².